The van der Waals surface area contributed by atoms with Gasteiger partial charge in [-0.05, 0) is 29.9 Å². The predicted octanol–water partition coefficient (Wildman–Crippen LogP) is 0.898. The number of nitrogen functional groups attached to an aromatic ring is 1. The van der Waals surface area contributed by atoms with Crippen LogP contribution in [0.25, 0.3) is 0 Å². The summed E-state index contributed by atoms with van der Waals surface area (Å²) in [5.74, 6) is 1.53. The average Bonchev–Trinajstić information content (AvgIpc) is 2.26. The molecule has 1 aromatic carbocycles. The highest BCUT2D eigenvalue weighted by molar-refractivity contribution is 7.99. The van der Waals surface area contributed by atoms with Crippen molar-refractivity contribution in [2.75, 3.05) is 23.8 Å². The maximum Gasteiger partial charge on any atom is 0.0861 e. The summed E-state index contributed by atoms with van der Waals surface area (Å²) in [6.45, 7) is -0.158. The number of aliphatic hydroxyl groups excluding tert-OH is 2. The number of rotatable bonds is 6. The second-order valence-corrected chi connectivity index (χ2v) is 4.55. The van der Waals surface area contributed by atoms with E-state index >= 15 is 0 Å². The molecule has 0 amide bonds. The standard InChI is InChI=1S/C11H17NO2S/c12-10-3-1-9(2-4-10)5-6-15-8-11(14)7-13/h1-4,11,13-14H,5-8,12H2. The lowest BCUT2D eigenvalue weighted by molar-refractivity contribution is 0.113. The Balaban J connectivity index is 2.17. The molecule has 0 aliphatic rings. The molecule has 0 radical (unpaired) electrons. The van der Waals surface area contributed by atoms with Gasteiger partial charge in [-0.2, -0.15) is 11.8 Å². The Morgan fingerprint density at radius 1 is 1.27 bits per heavy atom. The molecule has 1 unspecified atom stereocenters. The Labute approximate surface area is 94.3 Å². The first kappa shape index (κ1) is 12.4. The van der Waals surface area contributed by atoms with Crippen molar-refractivity contribution in [1.29, 1.82) is 0 Å². The molecule has 1 atom stereocenters. The number of aliphatic hydroxyl groups is 2. The van der Waals surface area contributed by atoms with Gasteiger partial charge >= 0.3 is 0 Å². The van der Waals surface area contributed by atoms with Crippen molar-refractivity contribution in [3.63, 3.8) is 0 Å². The van der Waals surface area contributed by atoms with Crippen LogP contribution in [0.5, 0.6) is 0 Å². The number of anilines is 1. The molecule has 0 spiro atoms. The summed E-state index contributed by atoms with van der Waals surface area (Å²) in [7, 11) is 0. The van der Waals surface area contributed by atoms with Gasteiger partial charge < -0.3 is 15.9 Å². The molecule has 1 aromatic rings. The minimum atomic E-state index is -0.596. The summed E-state index contributed by atoms with van der Waals surface area (Å²) < 4.78 is 0. The third kappa shape index (κ3) is 5.06. The summed E-state index contributed by atoms with van der Waals surface area (Å²) in [4.78, 5) is 0. The highest BCUT2D eigenvalue weighted by Gasteiger charge is 2.01. The van der Waals surface area contributed by atoms with E-state index in [0.717, 1.165) is 17.9 Å². The van der Waals surface area contributed by atoms with Gasteiger partial charge in [-0.25, -0.2) is 0 Å². The van der Waals surface area contributed by atoms with Crippen LogP contribution in [-0.4, -0.2) is 34.4 Å². The second kappa shape index (κ2) is 6.71. The molecular weight excluding hydrogens is 210 g/mol. The zero-order valence-electron chi connectivity index (χ0n) is 8.60. The predicted molar refractivity (Wildman–Crippen MR) is 65.0 cm³/mol. The number of hydrogen-bond acceptors (Lipinski definition) is 4. The maximum atomic E-state index is 9.10. The Hall–Kier alpha value is -0.710. The van der Waals surface area contributed by atoms with Gasteiger partial charge in [0, 0.05) is 11.4 Å². The van der Waals surface area contributed by atoms with Crippen LogP contribution in [0.3, 0.4) is 0 Å². The number of hydrogen-bond donors (Lipinski definition) is 3. The molecule has 3 nitrogen and oxygen atoms in total. The summed E-state index contributed by atoms with van der Waals surface area (Å²) >= 11 is 1.64. The minimum absolute atomic E-state index is 0.158. The average molecular weight is 227 g/mol. The van der Waals surface area contributed by atoms with Gasteiger partial charge in [0.25, 0.3) is 0 Å². The van der Waals surface area contributed by atoms with Gasteiger partial charge in [0.05, 0.1) is 12.7 Å². The van der Waals surface area contributed by atoms with E-state index in [0.29, 0.717) is 5.75 Å². The first-order chi connectivity index (χ1) is 7.22. The van der Waals surface area contributed by atoms with Crippen LogP contribution in [0.15, 0.2) is 24.3 Å². The van der Waals surface area contributed by atoms with E-state index in [2.05, 4.69) is 0 Å². The van der Waals surface area contributed by atoms with Crippen molar-refractivity contribution in [3.05, 3.63) is 29.8 Å². The molecule has 0 saturated carbocycles. The molecule has 0 aromatic heterocycles. The lowest BCUT2D eigenvalue weighted by atomic mass is 10.2. The third-order valence-corrected chi connectivity index (χ3v) is 3.15. The molecule has 0 aliphatic carbocycles. The van der Waals surface area contributed by atoms with Crippen molar-refractivity contribution >= 4 is 17.4 Å². The second-order valence-electron chi connectivity index (χ2n) is 3.40. The Bertz CT molecular complexity index is 276. The molecule has 4 N–H and O–H groups in total. The van der Waals surface area contributed by atoms with E-state index < -0.39 is 6.10 Å². The van der Waals surface area contributed by atoms with Crippen LogP contribution in [0.1, 0.15) is 5.56 Å². The van der Waals surface area contributed by atoms with Crippen LogP contribution in [0.4, 0.5) is 5.69 Å². The molecule has 0 heterocycles. The molecule has 0 aliphatic heterocycles. The maximum absolute atomic E-state index is 9.10. The van der Waals surface area contributed by atoms with Crippen LogP contribution >= 0.6 is 11.8 Å². The van der Waals surface area contributed by atoms with Crippen molar-refractivity contribution in [3.8, 4) is 0 Å². The summed E-state index contributed by atoms with van der Waals surface area (Å²) in [5.41, 5.74) is 7.60. The van der Waals surface area contributed by atoms with Crippen molar-refractivity contribution < 1.29 is 10.2 Å². The van der Waals surface area contributed by atoms with Gasteiger partial charge in [0.2, 0.25) is 0 Å². The fraction of sp³-hybridized carbons (Fsp3) is 0.455. The smallest absolute Gasteiger partial charge is 0.0861 e. The molecule has 0 bridgehead atoms. The molecule has 4 heteroatoms. The van der Waals surface area contributed by atoms with Crippen molar-refractivity contribution in [2.45, 2.75) is 12.5 Å². The lowest BCUT2D eigenvalue weighted by Gasteiger charge is -2.06. The number of aryl methyl sites for hydroxylation is 1. The van der Waals surface area contributed by atoms with E-state index in [1.54, 1.807) is 11.8 Å². The zero-order valence-corrected chi connectivity index (χ0v) is 9.41. The summed E-state index contributed by atoms with van der Waals surface area (Å²) in [6, 6.07) is 7.81. The topological polar surface area (TPSA) is 66.5 Å². The van der Waals surface area contributed by atoms with Gasteiger partial charge in [0.1, 0.15) is 0 Å². The number of nitrogens with two attached hydrogens (primary N) is 1. The normalized spacial score (nSPS) is 12.7. The third-order valence-electron chi connectivity index (χ3n) is 2.04. The van der Waals surface area contributed by atoms with Gasteiger partial charge in [-0.3, -0.25) is 0 Å². The summed E-state index contributed by atoms with van der Waals surface area (Å²) in [6.07, 6.45) is 0.365. The first-order valence-corrected chi connectivity index (χ1v) is 6.09. The van der Waals surface area contributed by atoms with Gasteiger partial charge in [-0.15, -0.1) is 0 Å². The van der Waals surface area contributed by atoms with E-state index in [1.165, 1.54) is 5.56 Å². The molecule has 15 heavy (non-hydrogen) atoms. The van der Waals surface area contributed by atoms with Gasteiger partial charge in [-0.1, -0.05) is 12.1 Å². The Kier molecular flexibility index (Phi) is 5.53. The fourth-order valence-electron chi connectivity index (χ4n) is 1.15. The lowest BCUT2D eigenvalue weighted by Crippen LogP contribution is -2.15. The SMILES string of the molecule is Nc1ccc(CCSCC(O)CO)cc1. The molecule has 84 valence electrons. The molecular formula is C11H17NO2S. The van der Waals surface area contributed by atoms with E-state index in [4.69, 9.17) is 15.9 Å². The largest absolute Gasteiger partial charge is 0.399 e. The molecule has 0 fully saturated rings. The van der Waals surface area contributed by atoms with E-state index in [-0.39, 0.29) is 6.61 Å². The highest BCUT2D eigenvalue weighted by Crippen LogP contribution is 2.10. The Morgan fingerprint density at radius 2 is 1.93 bits per heavy atom. The van der Waals surface area contributed by atoms with Crippen molar-refractivity contribution in [1.82, 2.24) is 0 Å². The highest BCUT2D eigenvalue weighted by atomic mass is 32.2. The number of thioether (sulfide) groups is 1. The minimum Gasteiger partial charge on any atom is -0.399 e. The van der Waals surface area contributed by atoms with Crippen LogP contribution in [-0.2, 0) is 6.42 Å². The zero-order chi connectivity index (χ0) is 11.1. The van der Waals surface area contributed by atoms with E-state index in [9.17, 15) is 0 Å². The fourth-order valence-corrected chi connectivity index (χ4v) is 2.07. The van der Waals surface area contributed by atoms with Crippen LogP contribution in [0.2, 0.25) is 0 Å². The van der Waals surface area contributed by atoms with Crippen LogP contribution in [0, 0.1) is 0 Å². The Morgan fingerprint density at radius 3 is 2.53 bits per heavy atom. The first-order valence-electron chi connectivity index (χ1n) is 4.93. The number of benzene rings is 1. The quantitative estimate of drug-likeness (QED) is 0.499. The van der Waals surface area contributed by atoms with E-state index in [1.807, 2.05) is 24.3 Å². The van der Waals surface area contributed by atoms with Crippen molar-refractivity contribution in [2.24, 2.45) is 0 Å². The monoisotopic (exact) mass is 227 g/mol. The van der Waals surface area contributed by atoms with Crippen LogP contribution < -0.4 is 5.73 Å². The van der Waals surface area contributed by atoms with Gasteiger partial charge in [0.15, 0.2) is 0 Å². The molecule has 0 saturated heterocycles. The molecule has 1 rings (SSSR count). The summed E-state index contributed by atoms with van der Waals surface area (Å²) in [5, 5.41) is 17.7.